The molecule has 0 saturated heterocycles. The first-order chi connectivity index (χ1) is 10.0. The van der Waals surface area contributed by atoms with Gasteiger partial charge in [-0.1, -0.05) is 31.2 Å². The van der Waals surface area contributed by atoms with Gasteiger partial charge in [0.2, 0.25) is 0 Å². The van der Waals surface area contributed by atoms with Crippen LogP contribution in [0, 0.1) is 17.0 Å². The minimum atomic E-state index is -0.430. The van der Waals surface area contributed by atoms with E-state index in [4.69, 9.17) is 0 Å². The van der Waals surface area contributed by atoms with Gasteiger partial charge in [-0.15, -0.1) is 0 Å². The predicted octanol–water partition coefficient (Wildman–Crippen LogP) is 4.24. The van der Waals surface area contributed by atoms with Crippen molar-refractivity contribution in [3.8, 4) is 0 Å². The number of hydrogen-bond acceptors (Lipinski definition) is 4. The van der Waals surface area contributed by atoms with Crippen molar-refractivity contribution in [1.29, 1.82) is 0 Å². The normalized spacial score (nSPS) is 10.4. The molecule has 1 heterocycles. The van der Waals surface area contributed by atoms with Gasteiger partial charge in [-0.05, 0) is 40.4 Å². The molecular weight excluding hydrogens is 334 g/mol. The van der Waals surface area contributed by atoms with Crippen LogP contribution >= 0.6 is 15.9 Å². The lowest BCUT2D eigenvalue weighted by atomic mass is 10.1. The molecule has 21 heavy (non-hydrogen) atoms. The molecule has 2 aromatic rings. The molecule has 1 aromatic carbocycles. The Labute approximate surface area is 131 Å². The average Bonchev–Trinajstić information content (AvgIpc) is 2.49. The summed E-state index contributed by atoms with van der Waals surface area (Å²) in [7, 11) is 0. The first-order valence-corrected chi connectivity index (χ1v) is 7.43. The molecule has 110 valence electrons. The SMILES string of the molecule is CCc1ccc(CNc2ncc([N+](=O)[O-])c(C)c2Br)cc1. The number of hydrogen-bond donors (Lipinski definition) is 1. The molecule has 2 rings (SSSR count). The number of rotatable bonds is 5. The van der Waals surface area contributed by atoms with Crippen molar-refractivity contribution in [3.05, 3.63) is 61.7 Å². The maximum Gasteiger partial charge on any atom is 0.291 e. The Hall–Kier alpha value is -1.95. The van der Waals surface area contributed by atoms with E-state index in [1.54, 1.807) is 6.92 Å². The van der Waals surface area contributed by atoms with Gasteiger partial charge in [0.1, 0.15) is 12.0 Å². The second kappa shape index (κ2) is 6.67. The third-order valence-corrected chi connectivity index (χ3v) is 4.30. The average molecular weight is 350 g/mol. The van der Waals surface area contributed by atoms with E-state index >= 15 is 0 Å². The number of aromatic nitrogens is 1. The molecule has 0 spiro atoms. The Morgan fingerprint density at radius 3 is 2.48 bits per heavy atom. The van der Waals surface area contributed by atoms with E-state index in [-0.39, 0.29) is 5.69 Å². The third-order valence-electron chi connectivity index (χ3n) is 3.33. The molecule has 0 aliphatic heterocycles. The van der Waals surface area contributed by atoms with Crippen LogP contribution in [0.3, 0.4) is 0 Å². The number of anilines is 1. The Morgan fingerprint density at radius 1 is 1.29 bits per heavy atom. The van der Waals surface area contributed by atoms with Gasteiger partial charge in [0.25, 0.3) is 5.69 Å². The number of nitro groups is 1. The molecule has 0 amide bonds. The fourth-order valence-corrected chi connectivity index (χ4v) is 2.40. The second-order valence-electron chi connectivity index (χ2n) is 4.71. The standard InChI is InChI=1S/C15H16BrN3O2/c1-3-11-4-6-12(7-5-11)8-17-15-14(16)10(2)13(9-18-15)19(20)21/h4-7,9H,3,8H2,1-2H3,(H,17,18). The van der Waals surface area contributed by atoms with E-state index in [9.17, 15) is 10.1 Å². The van der Waals surface area contributed by atoms with Crippen LogP contribution in [0.5, 0.6) is 0 Å². The largest absolute Gasteiger partial charge is 0.365 e. The van der Waals surface area contributed by atoms with Crippen molar-refractivity contribution in [2.24, 2.45) is 0 Å². The number of benzene rings is 1. The van der Waals surface area contributed by atoms with Crippen LogP contribution in [0.25, 0.3) is 0 Å². The van der Waals surface area contributed by atoms with Crippen molar-refractivity contribution in [1.82, 2.24) is 4.98 Å². The zero-order chi connectivity index (χ0) is 15.4. The maximum atomic E-state index is 10.8. The molecule has 0 unspecified atom stereocenters. The van der Waals surface area contributed by atoms with Crippen molar-refractivity contribution >= 4 is 27.4 Å². The van der Waals surface area contributed by atoms with Gasteiger partial charge < -0.3 is 5.32 Å². The Morgan fingerprint density at radius 2 is 1.90 bits per heavy atom. The molecule has 0 fully saturated rings. The molecule has 6 heteroatoms. The van der Waals surface area contributed by atoms with Gasteiger partial charge in [0.15, 0.2) is 0 Å². The molecule has 0 saturated carbocycles. The van der Waals surface area contributed by atoms with Crippen LogP contribution in [-0.4, -0.2) is 9.91 Å². The smallest absolute Gasteiger partial charge is 0.291 e. The summed E-state index contributed by atoms with van der Waals surface area (Å²) in [6, 6.07) is 8.33. The van der Waals surface area contributed by atoms with Gasteiger partial charge in [0.05, 0.1) is 9.40 Å². The van der Waals surface area contributed by atoms with Gasteiger partial charge >= 0.3 is 0 Å². The molecule has 0 bridgehead atoms. The van der Waals surface area contributed by atoms with Crippen molar-refractivity contribution in [2.45, 2.75) is 26.8 Å². The van der Waals surface area contributed by atoms with Crippen LogP contribution in [0.2, 0.25) is 0 Å². The second-order valence-corrected chi connectivity index (χ2v) is 5.50. The van der Waals surface area contributed by atoms with E-state index in [0.717, 1.165) is 12.0 Å². The fourth-order valence-electron chi connectivity index (χ4n) is 1.96. The summed E-state index contributed by atoms with van der Waals surface area (Å²) in [4.78, 5) is 14.5. The van der Waals surface area contributed by atoms with Crippen molar-refractivity contribution in [2.75, 3.05) is 5.32 Å². The maximum absolute atomic E-state index is 10.8. The van der Waals surface area contributed by atoms with Crippen molar-refractivity contribution < 1.29 is 4.92 Å². The molecule has 1 aromatic heterocycles. The summed E-state index contributed by atoms with van der Waals surface area (Å²) in [6.07, 6.45) is 2.30. The lowest BCUT2D eigenvalue weighted by Crippen LogP contribution is -2.04. The van der Waals surface area contributed by atoms with E-state index in [1.165, 1.54) is 11.8 Å². The number of pyridine rings is 1. The molecule has 0 radical (unpaired) electrons. The summed E-state index contributed by atoms with van der Waals surface area (Å²) in [5, 5.41) is 14.0. The summed E-state index contributed by atoms with van der Waals surface area (Å²) in [5.41, 5.74) is 3.01. The monoisotopic (exact) mass is 349 g/mol. The quantitative estimate of drug-likeness (QED) is 0.647. The van der Waals surface area contributed by atoms with Crippen LogP contribution in [0.4, 0.5) is 11.5 Å². The van der Waals surface area contributed by atoms with E-state index in [0.29, 0.717) is 22.4 Å². The summed E-state index contributed by atoms with van der Waals surface area (Å²) >= 11 is 3.37. The lowest BCUT2D eigenvalue weighted by Gasteiger charge is -2.10. The number of halogens is 1. The zero-order valence-electron chi connectivity index (χ0n) is 11.9. The van der Waals surface area contributed by atoms with Gasteiger partial charge in [-0.2, -0.15) is 0 Å². The topological polar surface area (TPSA) is 68.1 Å². The Kier molecular flexibility index (Phi) is 4.90. The Bertz CT molecular complexity index is 657. The molecule has 5 nitrogen and oxygen atoms in total. The van der Waals surface area contributed by atoms with E-state index < -0.39 is 4.92 Å². The van der Waals surface area contributed by atoms with E-state index in [2.05, 4.69) is 57.4 Å². The van der Waals surface area contributed by atoms with Crippen LogP contribution in [-0.2, 0) is 13.0 Å². The Balaban J connectivity index is 2.12. The van der Waals surface area contributed by atoms with Crippen LogP contribution in [0.1, 0.15) is 23.6 Å². The van der Waals surface area contributed by atoms with Gasteiger partial charge in [-0.3, -0.25) is 10.1 Å². The van der Waals surface area contributed by atoms with Crippen LogP contribution < -0.4 is 5.32 Å². The van der Waals surface area contributed by atoms with Gasteiger partial charge in [-0.25, -0.2) is 4.98 Å². The summed E-state index contributed by atoms with van der Waals surface area (Å²) in [6.45, 7) is 4.44. The highest BCUT2D eigenvalue weighted by molar-refractivity contribution is 9.10. The summed E-state index contributed by atoms with van der Waals surface area (Å²) in [5.74, 6) is 0.609. The molecule has 1 N–H and O–H groups in total. The first-order valence-electron chi connectivity index (χ1n) is 6.64. The van der Waals surface area contributed by atoms with Gasteiger partial charge in [0, 0.05) is 12.1 Å². The van der Waals surface area contributed by atoms with Crippen molar-refractivity contribution in [3.63, 3.8) is 0 Å². The predicted molar refractivity (Wildman–Crippen MR) is 86.5 cm³/mol. The number of nitrogens with one attached hydrogen (secondary N) is 1. The fraction of sp³-hybridized carbons (Fsp3) is 0.267. The van der Waals surface area contributed by atoms with E-state index in [1.807, 2.05) is 0 Å². The number of aryl methyl sites for hydroxylation is 1. The molecule has 0 aliphatic carbocycles. The molecular formula is C15H16BrN3O2. The first kappa shape index (κ1) is 15.4. The highest BCUT2D eigenvalue weighted by Gasteiger charge is 2.16. The van der Waals surface area contributed by atoms with Crippen LogP contribution in [0.15, 0.2) is 34.9 Å². The minimum Gasteiger partial charge on any atom is -0.365 e. The molecule has 0 atom stereocenters. The summed E-state index contributed by atoms with van der Waals surface area (Å²) < 4.78 is 0.627. The zero-order valence-corrected chi connectivity index (χ0v) is 13.5. The third kappa shape index (κ3) is 3.58. The minimum absolute atomic E-state index is 0.0136. The molecule has 0 aliphatic rings. The highest BCUT2D eigenvalue weighted by Crippen LogP contribution is 2.30. The highest BCUT2D eigenvalue weighted by atomic mass is 79.9. The number of nitrogens with zero attached hydrogens (tertiary/aromatic N) is 2. The lowest BCUT2D eigenvalue weighted by molar-refractivity contribution is -0.385.